The largest absolute Gasteiger partial charge is 0.465 e. The van der Waals surface area contributed by atoms with Crippen molar-refractivity contribution in [1.29, 1.82) is 0 Å². The third kappa shape index (κ3) is 4.29. The lowest BCUT2D eigenvalue weighted by molar-refractivity contribution is 0.0602. The summed E-state index contributed by atoms with van der Waals surface area (Å²) in [6.07, 6.45) is 1.46. The summed E-state index contributed by atoms with van der Waals surface area (Å²) in [5, 5.41) is 6.54. The zero-order chi connectivity index (χ0) is 20.1. The Balaban J connectivity index is 1.74. The van der Waals surface area contributed by atoms with E-state index in [2.05, 4.69) is 15.6 Å². The number of methoxy groups -OCH3 is 1. The number of hydrogen-bond donors (Lipinski definition) is 2. The molecule has 142 valence electrons. The summed E-state index contributed by atoms with van der Waals surface area (Å²) in [5.41, 5.74) is 2.75. The van der Waals surface area contributed by atoms with Crippen LogP contribution in [0.25, 0.3) is 0 Å². The summed E-state index contributed by atoms with van der Waals surface area (Å²) in [6, 6.07) is 15.5. The van der Waals surface area contributed by atoms with Crippen LogP contribution in [0, 0.1) is 6.92 Å². The average molecular weight is 396 g/mol. The van der Waals surface area contributed by atoms with Gasteiger partial charge in [-0.05, 0) is 48.9 Å². The highest BCUT2D eigenvalue weighted by atomic mass is 35.5. The number of benzene rings is 2. The molecule has 0 radical (unpaired) electrons. The Morgan fingerprint density at radius 1 is 1.00 bits per heavy atom. The Hall–Kier alpha value is -3.38. The van der Waals surface area contributed by atoms with E-state index in [1.165, 1.54) is 13.3 Å². The number of nitrogens with one attached hydrogen (secondary N) is 2. The van der Waals surface area contributed by atoms with Crippen LogP contribution in [-0.4, -0.2) is 24.0 Å². The van der Waals surface area contributed by atoms with Crippen LogP contribution < -0.4 is 10.6 Å². The van der Waals surface area contributed by atoms with Gasteiger partial charge < -0.3 is 15.4 Å². The van der Waals surface area contributed by atoms with Gasteiger partial charge in [0.05, 0.1) is 23.9 Å². The van der Waals surface area contributed by atoms with E-state index in [4.69, 9.17) is 16.3 Å². The van der Waals surface area contributed by atoms with Crippen LogP contribution in [0.1, 0.15) is 26.3 Å². The molecule has 0 saturated heterocycles. The van der Waals surface area contributed by atoms with Crippen LogP contribution in [0.3, 0.4) is 0 Å². The van der Waals surface area contributed by atoms with Gasteiger partial charge in [-0.2, -0.15) is 0 Å². The van der Waals surface area contributed by atoms with E-state index in [9.17, 15) is 9.59 Å². The second kappa shape index (κ2) is 8.54. The number of halogens is 1. The monoisotopic (exact) mass is 395 g/mol. The number of pyridine rings is 1. The van der Waals surface area contributed by atoms with Gasteiger partial charge in [-0.15, -0.1) is 0 Å². The van der Waals surface area contributed by atoms with Gasteiger partial charge in [0.15, 0.2) is 0 Å². The Bertz CT molecular complexity index is 1020. The summed E-state index contributed by atoms with van der Waals surface area (Å²) >= 11 is 6.12. The molecule has 1 heterocycles. The maximum Gasteiger partial charge on any atom is 0.339 e. The van der Waals surface area contributed by atoms with Crippen molar-refractivity contribution in [3.05, 3.63) is 82.5 Å². The summed E-state index contributed by atoms with van der Waals surface area (Å²) < 4.78 is 4.73. The van der Waals surface area contributed by atoms with Crippen LogP contribution in [-0.2, 0) is 4.74 Å². The van der Waals surface area contributed by atoms with Crippen molar-refractivity contribution in [3.63, 3.8) is 0 Å². The fourth-order valence-corrected chi connectivity index (χ4v) is 2.73. The summed E-state index contributed by atoms with van der Waals surface area (Å²) in [7, 11) is 1.29. The highest BCUT2D eigenvalue weighted by Gasteiger charge is 2.14. The number of hydrogen-bond acceptors (Lipinski definition) is 5. The number of carbonyl (C=O) groups is 2. The Labute approximate surface area is 167 Å². The van der Waals surface area contributed by atoms with Crippen molar-refractivity contribution in [2.24, 2.45) is 0 Å². The lowest BCUT2D eigenvalue weighted by atomic mass is 10.1. The summed E-state index contributed by atoms with van der Waals surface area (Å²) in [4.78, 5) is 28.6. The average Bonchev–Trinajstić information content (AvgIpc) is 2.71. The smallest absolute Gasteiger partial charge is 0.339 e. The number of aromatic nitrogens is 1. The first-order valence-electron chi connectivity index (χ1n) is 8.46. The van der Waals surface area contributed by atoms with Crippen LogP contribution in [0.2, 0.25) is 5.02 Å². The molecule has 0 aliphatic carbocycles. The summed E-state index contributed by atoms with van der Waals surface area (Å²) in [6.45, 7) is 1.91. The quantitative estimate of drug-likeness (QED) is 0.605. The molecule has 7 heteroatoms. The SMILES string of the molecule is COC(=O)c1ccccc1NC(=O)c1ccc(Nc2cccc(Cl)c2C)nc1. The third-order valence-corrected chi connectivity index (χ3v) is 4.55. The molecule has 2 aromatic carbocycles. The van der Waals surface area contributed by atoms with Crippen LogP contribution in [0.5, 0.6) is 0 Å². The molecule has 0 saturated carbocycles. The van der Waals surface area contributed by atoms with E-state index in [1.54, 1.807) is 36.4 Å². The van der Waals surface area contributed by atoms with Crippen molar-refractivity contribution in [3.8, 4) is 0 Å². The molecule has 3 aromatic rings. The second-order valence-corrected chi connectivity index (χ2v) is 6.37. The zero-order valence-electron chi connectivity index (χ0n) is 15.3. The van der Waals surface area contributed by atoms with Gasteiger partial charge in [0.1, 0.15) is 5.82 Å². The first-order chi connectivity index (χ1) is 13.5. The van der Waals surface area contributed by atoms with Gasteiger partial charge in [-0.1, -0.05) is 29.8 Å². The molecule has 0 atom stereocenters. The van der Waals surface area contributed by atoms with Crippen LogP contribution in [0.4, 0.5) is 17.2 Å². The van der Waals surface area contributed by atoms with Crippen molar-refractivity contribution in [2.45, 2.75) is 6.92 Å². The molecule has 0 fully saturated rings. The summed E-state index contributed by atoms with van der Waals surface area (Å²) in [5.74, 6) is -0.323. The Morgan fingerprint density at radius 2 is 1.75 bits per heavy atom. The molecule has 1 amide bonds. The van der Waals surface area contributed by atoms with Gasteiger partial charge in [0.25, 0.3) is 5.91 Å². The van der Waals surface area contributed by atoms with Gasteiger partial charge in [0.2, 0.25) is 0 Å². The fourth-order valence-electron chi connectivity index (χ4n) is 2.56. The predicted molar refractivity (Wildman–Crippen MR) is 109 cm³/mol. The van der Waals surface area contributed by atoms with Gasteiger partial charge in [-0.3, -0.25) is 4.79 Å². The van der Waals surface area contributed by atoms with Crippen molar-refractivity contribution < 1.29 is 14.3 Å². The third-order valence-electron chi connectivity index (χ3n) is 4.14. The van der Waals surface area contributed by atoms with Gasteiger partial charge in [-0.25, -0.2) is 9.78 Å². The van der Waals surface area contributed by atoms with E-state index < -0.39 is 5.97 Å². The molecule has 1 aromatic heterocycles. The van der Waals surface area contributed by atoms with Crippen molar-refractivity contribution in [1.82, 2.24) is 4.98 Å². The molecule has 28 heavy (non-hydrogen) atoms. The highest BCUT2D eigenvalue weighted by Crippen LogP contribution is 2.25. The first kappa shape index (κ1) is 19.4. The number of anilines is 3. The molecule has 3 rings (SSSR count). The minimum Gasteiger partial charge on any atom is -0.465 e. The molecule has 0 aliphatic rings. The molecule has 0 aliphatic heterocycles. The van der Waals surface area contributed by atoms with E-state index in [0.29, 0.717) is 22.1 Å². The van der Waals surface area contributed by atoms with Gasteiger partial charge in [0, 0.05) is 16.9 Å². The lowest BCUT2D eigenvalue weighted by Gasteiger charge is -2.11. The topological polar surface area (TPSA) is 80.3 Å². The number of esters is 1. The molecule has 0 unspecified atom stereocenters. The fraction of sp³-hybridized carbons (Fsp3) is 0.0952. The minimum atomic E-state index is -0.523. The van der Waals surface area contributed by atoms with Crippen LogP contribution in [0.15, 0.2) is 60.8 Å². The highest BCUT2D eigenvalue weighted by molar-refractivity contribution is 6.31. The van der Waals surface area contributed by atoms with E-state index in [1.807, 2.05) is 25.1 Å². The number of amides is 1. The number of nitrogens with zero attached hydrogens (tertiary/aromatic N) is 1. The predicted octanol–water partition coefficient (Wildman–Crippen LogP) is 4.83. The van der Waals surface area contributed by atoms with E-state index in [0.717, 1.165) is 11.3 Å². The Morgan fingerprint density at radius 3 is 2.46 bits per heavy atom. The second-order valence-electron chi connectivity index (χ2n) is 5.96. The molecular formula is C21H18ClN3O3. The maximum absolute atomic E-state index is 12.5. The number of rotatable bonds is 5. The van der Waals surface area contributed by atoms with Crippen molar-refractivity contribution >= 4 is 40.7 Å². The van der Waals surface area contributed by atoms with Crippen molar-refractivity contribution in [2.75, 3.05) is 17.7 Å². The number of ether oxygens (including phenoxy) is 1. The van der Waals surface area contributed by atoms with Gasteiger partial charge >= 0.3 is 5.97 Å². The molecule has 0 spiro atoms. The maximum atomic E-state index is 12.5. The van der Waals surface area contributed by atoms with E-state index >= 15 is 0 Å². The molecule has 6 nitrogen and oxygen atoms in total. The molecule has 0 bridgehead atoms. The molecule has 2 N–H and O–H groups in total. The Kier molecular flexibility index (Phi) is 5.91. The normalized spacial score (nSPS) is 10.2. The molecular weight excluding hydrogens is 378 g/mol. The lowest BCUT2D eigenvalue weighted by Crippen LogP contribution is -2.15. The first-order valence-corrected chi connectivity index (χ1v) is 8.84. The minimum absolute atomic E-state index is 0.279. The van der Waals surface area contributed by atoms with E-state index in [-0.39, 0.29) is 11.5 Å². The van der Waals surface area contributed by atoms with Crippen LogP contribution >= 0.6 is 11.6 Å². The number of carbonyl (C=O) groups excluding carboxylic acids is 2. The number of para-hydroxylation sites is 1. The zero-order valence-corrected chi connectivity index (χ0v) is 16.1. The standard InChI is InChI=1S/C21H18ClN3O3/c1-13-16(22)7-5-9-17(13)24-19-11-10-14(12-23-19)20(26)25-18-8-4-3-6-15(18)21(27)28-2/h3-12H,1-2H3,(H,23,24)(H,25,26).